The summed E-state index contributed by atoms with van der Waals surface area (Å²) >= 11 is 0. The molecule has 9 heteroatoms. The number of nitrogens with one attached hydrogen (secondary N) is 1. The Bertz CT molecular complexity index is 339. The SMILES string of the molecule is CCN1C=C[NH+](C)C1.O=S(=O)([O-])C(F)(F)F. The van der Waals surface area contributed by atoms with Crippen LogP contribution in [0.5, 0.6) is 0 Å². The molecule has 1 rings (SSSR count). The van der Waals surface area contributed by atoms with Crippen molar-refractivity contribution in [3.05, 3.63) is 12.4 Å². The minimum atomic E-state index is -6.09. The molecule has 0 spiro atoms. The molecule has 1 aliphatic rings. The molecule has 0 saturated carbocycles. The van der Waals surface area contributed by atoms with Gasteiger partial charge in [0.2, 0.25) is 0 Å². The predicted octanol–water partition coefficient (Wildman–Crippen LogP) is -0.683. The Balaban J connectivity index is 0.000000281. The number of alkyl halides is 3. The van der Waals surface area contributed by atoms with E-state index in [4.69, 9.17) is 13.0 Å². The van der Waals surface area contributed by atoms with Gasteiger partial charge in [0.1, 0.15) is 6.20 Å². The Morgan fingerprint density at radius 2 is 1.94 bits per heavy atom. The first kappa shape index (κ1) is 15.2. The second-order valence-electron chi connectivity index (χ2n) is 3.13. The minimum absolute atomic E-state index is 1.13. The number of hydrogen-bond donors (Lipinski definition) is 1. The molecular formula is C7H13F3N2O3S. The third kappa shape index (κ3) is 5.33. The van der Waals surface area contributed by atoms with Crippen molar-refractivity contribution >= 4 is 10.1 Å². The van der Waals surface area contributed by atoms with E-state index in [-0.39, 0.29) is 0 Å². The molecule has 0 aliphatic carbocycles. The molecule has 96 valence electrons. The molecule has 0 saturated heterocycles. The van der Waals surface area contributed by atoms with Gasteiger partial charge in [-0.25, -0.2) is 8.42 Å². The molecule has 1 atom stereocenters. The Morgan fingerprint density at radius 1 is 1.50 bits per heavy atom. The highest BCUT2D eigenvalue weighted by molar-refractivity contribution is 7.86. The maximum Gasteiger partial charge on any atom is 0.485 e. The molecule has 1 N–H and O–H groups in total. The van der Waals surface area contributed by atoms with Crippen LogP contribution < -0.4 is 4.90 Å². The zero-order chi connectivity index (χ0) is 13.0. The average molecular weight is 262 g/mol. The Kier molecular flexibility index (Phi) is 5.23. The number of quaternary nitrogens is 1. The van der Waals surface area contributed by atoms with E-state index in [1.807, 2.05) is 0 Å². The van der Waals surface area contributed by atoms with Crippen LogP contribution in [0.15, 0.2) is 12.4 Å². The largest absolute Gasteiger partial charge is 0.741 e. The summed E-state index contributed by atoms with van der Waals surface area (Å²) in [4.78, 5) is 3.75. The minimum Gasteiger partial charge on any atom is -0.741 e. The molecule has 0 aromatic heterocycles. The molecule has 1 unspecified atom stereocenters. The molecule has 0 amide bonds. The van der Waals surface area contributed by atoms with Gasteiger partial charge in [-0.15, -0.1) is 0 Å². The molecule has 0 radical (unpaired) electrons. The van der Waals surface area contributed by atoms with Crippen LogP contribution in [0.2, 0.25) is 0 Å². The molecule has 0 fully saturated rings. The van der Waals surface area contributed by atoms with Crippen molar-refractivity contribution < 1.29 is 31.0 Å². The fourth-order valence-electron chi connectivity index (χ4n) is 0.876. The van der Waals surface area contributed by atoms with Gasteiger partial charge in [0.25, 0.3) is 0 Å². The fourth-order valence-corrected chi connectivity index (χ4v) is 0.876. The quantitative estimate of drug-likeness (QED) is 0.502. The first-order valence-electron chi connectivity index (χ1n) is 4.34. The lowest BCUT2D eigenvalue weighted by Crippen LogP contribution is -3.03. The van der Waals surface area contributed by atoms with E-state index in [9.17, 15) is 13.2 Å². The van der Waals surface area contributed by atoms with Gasteiger partial charge in [0, 0.05) is 6.54 Å². The summed E-state index contributed by atoms with van der Waals surface area (Å²) < 4.78 is 58.9. The zero-order valence-electron chi connectivity index (χ0n) is 8.78. The summed E-state index contributed by atoms with van der Waals surface area (Å²) in [6.45, 7) is 4.44. The third-order valence-corrected chi connectivity index (χ3v) is 2.28. The maximum atomic E-state index is 10.7. The van der Waals surface area contributed by atoms with Gasteiger partial charge in [-0.05, 0) is 6.92 Å². The van der Waals surface area contributed by atoms with Gasteiger partial charge in [-0.1, -0.05) is 0 Å². The van der Waals surface area contributed by atoms with Crippen LogP contribution >= 0.6 is 0 Å². The summed E-state index contributed by atoms with van der Waals surface area (Å²) in [5, 5.41) is 0. The first-order chi connectivity index (χ1) is 7.08. The summed E-state index contributed by atoms with van der Waals surface area (Å²) in [7, 11) is -3.93. The van der Waals surface area contributed by atoms with Gasteiger partial charge >= 0.3 is 5.51 Å². The van der Waals surface area contributed by atoms with Crippen LogP contribution in [0.25, 0.3) is 0 Å². The lowest BCUT2D eigenvalue weighted by atomic mass is 10.6. The molecular weight excluding hydrogens is 249 g/mol. The predicted molar refractivity (Wildman–Crippen MR) is 49.0 cm³/mol. The summed E-state index contributed by atoms with van der Waals surface area (Å²) in [5.74, 6) is 0. The molecule has 1 aliphatic heterocycles. The molecule has 0 aromatic rings. The summed E-state index contributed by atoms with van der Waals surface area (Å²) in [6, 6.07) is 0. The average Bonchev–Trinajstić information content (AvgIpc) is 2.48. The zero-order valence-corrected chi connectivity index (χ0v) is 9.60. The number of halogens is 3. The summed E-state index contributed by atoms with van der Waals surface area (Å²) in [5.41, 5.74) is -5.65. The fraction of sp³-hybridized carbons (Fsp3) is 0.714. The lowest BCUT2D eigenvalue weighted by molar-refractivity contribution is -0.826. The molecule has 0 aromatic carbocycles. The van der Waals surface area contributed by atoms with Crippen LogP contribution in [-0.2, 0) is 10.1 Å². The monoisotopic (exact) mass is 262 g/mol. The van der Waals surface area contributed by atoms with E-state index in [1.165, 1.54) is 4.90 Å². The molecule has 1 heterocycles. The normalized spacial score (nSPS) is 20.6. The summed E-state index contributed by atoms with van der Waals surface area (Å²) in [6.07, 6.45) is 4.32. The van der Waals surface area contributed by atoms with Crippen LogP contribution in [0.4, 0.5) is 13.2 Å². The van der Waals surface area contributed by atoms with E-state index >= 15 is 0 Å². The Hall–Kier alpha value is -0.800. The van der Waals surface area contributed by atoms with Crippen molar-refractivity contribution in [3.63, 3.8) is 0 Å². The van der Waals surface area contributed by atoms with Gasteiger partial charge < -0.3 is 9.45 Å². The third-order valence-electron chi connectivity index (χ3n) is 1.71. The Morgan fingerprint density at radius 3 is 2.06 bits per heavy atom. The Labute approximate surface area is 91.9 Å². The van der Waals surface area contributed by atoms with Crippen molar-refractivity contribution in [1.29, 1.82) is 0 Å². The van der Waals surface area contributed by atoms with Crippen LogP contribution in [0.1, 0.15) is 6.92 Å². The van der Waals surface area contributed by atoms with Crippen molar-refractivity contribution in [3.8, 4) is 0 Å². The van der Waals surface area contributed by atoms with E-state index in [2.05, 4.69) is 31.3 Å². The van der Waals surface area contributed by atoms with Crippen LogP contribution in [0.3, 0.4) is 0 Å². The van der Waals surface area contributed by atoms with Gasteiger partial charge in [-0.2, -0.15) is 13.2 Å². The van der Waals surface area contributed by atoms with Crippen LogP contribution in [-0.4, -0.2) is 43.6 Å². The highest BCUT2D eigenvalue weighted by Crippen LogP contribution is 2.20. The molecule has 5 nitrogen and oxygen atoms in total. The smallest absolute Gasteiger partial charge is 0.485 e. The number of hydrogen-bond acceptors (Lipinski definition) is 4. The molecule has 16 heavy (non-hydrogen) atoms. The molecule has 0 bridgehead atoms. The second-order valence-corrected chi connectivity index (χ2v) is 4.50. The number of rotatable bonds is 1. The number of nitrogens with zero attached hydrogens (tertiary/aromatic N) is 1. The van der Waals surface area contributed by atoms with E-state index < -0.39 is 15.6 Å². The van der Waals surface area contributed by atoms with E-state index in [1.54, 1.807) is 0 Å². The maximum absolute atomic E-state index is 10.7. The standard InChI is InChI=1S/C6H12N2.CHF3O3S/c1-3-8-5-4-7(2)6-8;2-1(3,4)8(5,6)7/h4-5H,3,6H2,1-2H3;(H,5,6,7). The van der Waals surface area contributed by atoms with E-state index in [0.29, 0.717) is 0 Å². The van der Waals surface area contributed by atoms with Gasteiger partial charge in [-0.3, -0.25) is 4.90 Å². The lowest BCUT2D eigenvalue weighted by Gasteiger charge is -2.10. The van der Waals surface area contributed by atoms with Crippen molar-refractivity contribution in [2.45, 2.75) is 12.4 Å². The van der Waals surface area contributed by atoms with Crippen LogP contribution in [0, 0.1) is 0 Å². The highest BCUT2D eigenvalue weighted by atomic mass is 32.2. The van der Waals surface area contributed by atoms with Crippen molar-refractivity contribution in [1.82, 2.24) is 4.90 Å². The van der Waals surface area contributed by atoms with Crippen molar-refractivity contribution in [2.75, 3.05) is 20.3 Å². The highest BCUT2D eigenvalue weighted by Gasteiger charge is 2.36. The first-order valence-corrected chi connectivity index (χ1v) is 5.75. The van der Waals surface area contributed by atoms with Crippen molar-refractivity contribution in [2.24, 2.45) is 0 Å². The van der Waals surface area contributed by atoms with Gasteiger partial charge in [0.05, 0.1) is 13.2 Å². The topological polar surface area (TPSA) is 64.9 Å². The second kappa shape index (κ2) is 5.51. The van der Waals surface area contributed by atoms with Gasteiger partial charge in [0.15, 0.2) is 16.8 Å². The van der Waals surface area contributed by atoms with E-state index in [0.717, 1.165) is 13.2 Å².